The van der Waals surface area contributed by atoms with E-state index in [9.17, 15) is 4.79 Å². The Bertz CT molecular complexity index is 138. The molecule has 1 unspecified atom stereocenters. The lowest BCUT2D eigenvalue weighted by Crippen LogP contribution is -2.03. The van der Waals surface area contributed by atoms with Crippen LogP contribution in [0.3, 0.4) is 0 Å². The summed E-state index contributed by atoms with van der Waals surface area (Å²) in [6.07, 6.45) is 4.72. The second-order valence-electron chi connectivity index (χ2n) is 2.11. The average molecular weight is 126 g/mol. The van der Waals surface area contributed by atoms with E-state index in [2.05, 4.69) is 0 Å². The molecular formula is C7H10O2. The van der Waals surface area contributed by atoms with Gasteiger partial charge in [0, 0.05) is 6.42 Å². The molecule has 9 heavy (non-hydrogen) atoms. The highest BCUT2D eigenvalue weighted by Gasteiger charge is 2.14. The molecule has 0 saturated heterocycles. The van der Waals surface area contributed by atoms with E-state index in [0.717, 1.165) is 19.1 Å². The maximum atomic E-state index is 10.1. The van der Waals surface area contributed by atoms with Gasteiger partial charge in [-0.05, 0) is 12.5 Å². The van der Waals surface area contributed by atoms with Crippen molar-refractivity contribution in [2.24, 2.45) is 0 Å². The second kappa shape index (κ2) is 2.67. The first-order valence-electron chi connectivity index (χ1n) is 3.18. The molecule has 0 spiro atoms. The van der Waals surface area contributed by atoms with Crippen molar-refractivity contribution >= 4 is 6.29 Å². The molecular weight excluding hydrogens is 116 g/mol. The highest BCUT2D eigenvalue weighted by atomic mass is 16.5. The monoisotopic (exact) mass is 126 g/mol. The molecule has 1 aliphatic heterocycles. The van der Waals surface area contributed by atoms with Crippen LogP contribution in [0.4, 0.5) is 0 Å². The van der Waals surface area contributed by atoms with Crippen molar-refractivity contribution in [2.75, 3.05) is 0 Å². The van der Waals surface area contributed by atoms with Crippen molar-refractivity contribution < 1.29 is 9.53 Å². The fourth-order valence-electron chi connectivity index (χ4n) is 0.862. The summed E-state index contributed by atoms with van der Waals surface area (Å²) in [5, 5.41) is 0. The van der Waals surface area contributed by atoms with Crippen molar-refractivity contribution in [3.05, 3.63) is 11.8 Å². The lowest BCUT2D eigenvalue weighted by atomic mass is 10.2. The third kappa shape index (κ3) is 1.31. The number of rotatable bonds is 2. The van der Waals surface area contributed by atoms with Crippen LogP contribution in [0, 0.1) is 0 Å². The van der Waals surface area contributed by atoms with Gasteiger partial charge < -0.3 is 4.74 Å². The molecule has 0 aromatic rings. The molecule has 2 nitrogen and oxygen atoms in total. The first-order chi connectivity index (χ1) is 4.36. The van der Waals surface area contributed by atoms with Gasteiger partial charge in [0.15, 0.2) is 12.0 Å². The van der Waals surface area contributed by atoms with Crippen molar-refractivity contribution in [3.63, 3.8) is 0 Å². The number of carbonyl (C=O) groups is 1. The third-order valence-electron chi connectivity index (χ3n) is 1.46. The Morgan fingerprint density at radius 3 is 3.11 bits per heavy atom. The van der Waals surface area contributed by atoms with Crippen molar-refractivity contribution in [1.82, 2.24) is 0 Å². The summed E-state index contributed by atoms with van der Waals surface area (Å²) >= 11 is 0. The van der Waals surface area contributed by atoms with Gasteiger partial charge in [0.1, 0.15) is 6.10 Å². The van der Waals surface area contributed by atoms with Crippen LogP contribution in [-0.4, -0.2) is 12.4 Å². The Morgan fingerprint density at radius 2 is 2.78 bits per heavy atom. The normalized spacial score (nSPS) is 25.0. The van der Waals surface area contributed by atoms with Crippen LogP contribution in [0.15, 0.2) is 11.8 Å². The Morgan fingerprint density at radius 1 is 2.00 bits per heavy atom. The Kier molecular flexibility index (Phi) is 1.88. The second-order valence-corrected chi connectivity index (χ2v) is 2.11. The van der Waals surface area contributed by atoms with Crippen LogP contribution in [0.25, 0.3) is 0 Å². The molecule has 0 aliphatic carbocycles. The number of aldehydes is 1. The predicted molar refractivity (Wildman–Crippen MR) is 33.9 cm³/mol. The molecule has 0 bridgehead atoms. The highest BCUT2D eigenvalue weighted by molar-refractivity contribution is 5.70. The van der Waals surface area contributed by atoms with Gasteiger partial charge in [-0.3, -0.25) is 4.79 Å². The van der Waals surface area contributed by atoms with Crippen molar-refractivity contribution in [3.8, 4) is 0 Å². The minimum atomic E-state index is 0.255. The SMILES string of the molecule is CCC1CC=C(C=O)O1. The zero-order valence-electron chi connectivity index (χ0n) is 5.46. The fourth-order valence-corrected chi connectivity index (χ4v) is 0.862. The van der Waals surface area contributed by atoms with Crippen LogP contribution < -0.4 is 0 Å². The Balaban J connectivity index is 2.39. The number of ether oxygens (including phenoxy) is 1. The molecule has 1 atom stereocenters. The maximum absolute atomic E-state index is 10.1. The molecule has 0 amide bonds. The van der Waals surface area contributed by atoms with Gasteiger partial charge in [-0.1, -0.05) is 6.92 Å². The van der Waals surface area contributed by atoms with Crippen LogP contribution in [0.2, 0.25) is 0 Å². The van der Waals surface area contributed by atoms with Gasteiger partial charge in [-0.15, -0.1) is 0 Å². The van der Waals surface area contributed by atoms with E-state index in [1.54, 1.807) is 0 Å². The van der Waals surface area contributed by atoms with Crippen molar-refractivity contribution in [2.45, 2.75) is 25.9 Å². The molecule has 1 heterocycles. The molecule has 1 aliphatic rings. The molecule has 1 rings (SSSR count). The molecule has 50 valence electrons. The summed E-state index contributed by atoms with van der Waals surface area (Å²) in [4.78, 5) is 10.1. The highest BCUT2D eigenvalue weighted by Crippen LogP contribution is 2.16. The zero-order chi connectivity index (χ0) is 6.69. The van der Waals surface area contributed by atoms with E-state index in [4.69, 9.17) is 4.74 Å². The smallest absolute Gasteiger partial charge is 0.184 e. The molecule has 2 heteroatoms. The number of allylic oxidation sites excluding steroid dienone is 1. The van der Waals surface area contributed by atoms with E-state index >= 15 is 0 Å². The summed E-state index contributed by atoms with van der Waals surface area (Å²) in [6, 6.07) is 0. The summed E-state index contributed by atoms with van der Waals surface area (Å²) in [7, 11) is 0. The van der Waals surface area contributed by atoms with Gasteiger partial charge in [0.25, 0.3) is 0 Å². The summed E-state index contributed by atoms with van der Waals surface area (Å²) in [5.41, 5.74) is 0. The van der Waals surface area contributed by atoms with Gasteiger partial charge >= 0.3 is 0 Å². The molecule has 0 N–H and O–H groups in total. The van der Waals surface area contributed by atoms with E-state index < -0.39 is 0 Å². The van der Waals surface area contributed by atoms with E-state index in [0.29, 0.717) is 5.76 Å². The van der Waals surface area contributed by atoms with Gasteiger partial charge in [-0.25, -0.2) is 0 Å². The fraction of sp³-hybridized carbons (Fsp3) is 0.571. The van der Waals surface area contributed by atoms with Gasteiger partial charge in [-0.2, -0.15) is 0 Å². The predicted octanol–water partition coefficient (Wildman–Crippen LogP) is 1.27. The van der Waals surface area contributed by atoms with Crippen LogP contribution in [0.5, 0.6) is 0 Å². The molecule has 0 fully saturated rings. The van der Waals surface area contributed by atoms with E-state index in [-0.39, 0.29) is 6.10 Å². The summed E-state index contributed by atoms with van der Waals surface area (Å²) in [6.45, 7) is 2.05. The number of carbonyl (C=O) groups excluding carboxylic acids is 1. The lowest BCUT2D eigenvalue weighted by Gasteiger charge is -2.06. The average Bonchev–Trinajstić information content (AvgIpc) is 2.34. The van der Waals surface area contributed by atoms with Gasteiger partial charge in [0.05, 0.1) is 0 Å². The molecule has 0 radical (unpaired) electrons. The first-order valence-corrected chi connectivity index (χ1v) is 3.18. The maximum Gasteiger partial charge on any atom is 0.184 e. The summed E-state index contributed by atoms with van der Waals surface area (Å²) in [5.74, 6) is 0.502. The molecule has 0 aromatic heterocycles. The Hall–Kier alpha value is -0.790. The molecule has 0 saturated carbocycles. The first kappa shape index (κ1) is 6.33. The quantitative estimate of drug-likeness (QED) is 0.521. The zero-order valence-corrected chi connectivity index (χ0v) is 5.46. The number of hydrogen-bond donors (Lipinski definition) is 0. The minimum Gasteiger partial charge on any atom is -0.487 e. The largest absolute Gasteiger partial charge is 0.487 e. The van der Waals surface area contributed by atoms with E-state index in [1.807, 2.05) is 13.0 Å². The van der Waals surface area contributed by atoms with Crippen molar-refractivity contribution in [1.29, 1.82) is 0 Å². The summed E-state index contributed by atoms with van der Waals surface area (Å²) < 4.78 is 5.15. The van der Waals surface area contributed by atoms with E-state index in [1.165, 1.54) is 0 Å². The van der Waals surface area contributed by atoms with Gasteiger partial charge in [0.2, 0.25) is 0 Å². The topological polar surface area (TPSA) is 26.3 Å². The Labute approximate surface area is 54.5 Å². The van der Waals surface area contributed by atoms with Crippen LogP contribution in [0.1, 0.15) is 19.8 Å². The standard InChI is InChI=1S/C7H10O2/c1-2-6-3-4-7(5-8)9-6/h4-6H,2-3H2,1H3. The van der Waals surface area contributed by atoms with Crippen LogP contribution >= 0.6 is 0 Å². The number of hydrogen-bond acceptors (Lipinski definition) is 2. The lowest BCUT2D eigenvalue weighted by molar-refractivity contribution is -0.108. The van der Waals surface area contributed by atoms with Crippen LogP contribution in [-0.2, 0) is 9.53 Å². The molecule has 0 aromatic carbocycles. The minimum absolute atomic E-state index is 0.255. The third-order valence-corrected chi connectivity index (χ3v) is 1.46.